The van der Waals surface area contributed by atoms with Gasteiger partial charge in [-0.2, -0.15) is 13.2 Å². The molecule has 0 N–H and O–H groups in total. The number of amides is 1. The average molecular weight is 538 g/mol. The highest BCUT2D eigenvalue weighted by atomic mass is 35.5. The third kappa shape index (κ3) is 7.69. The number of hydrogen-bond donors (Lipinski definition) is 0. The Hall–Kier alpha value is -2.13. The molecule has 0 unspecified atom stereocenters. The summed E-state index contributed by atoms with van der Waals surface area (Å²) in [7, 11) is 1.97. The summed E-state index contributed by atoms with van der Waals surface area (Å²) in [4.78, 5) is 19.6. The van der Waals surface area contributed by atoms with Crippen molar-refractivity contribution in [2.75, 3.05) is 53.0 Å². The quantitative estimate of drug-likeness (QED) is 0.407. The molecule has 37 heavy (non-hydrogen) atoms. The molecule has 0 radical (unpaired) electrons. The number of rotatable bonds is 9. The highest BCUT2D eigenvalue weighted by Crippen LogP contribution is 2.34. The monoisotopic (exact) mass is 537 g/mol. The van der Waals surface area contributed by atoms with E-state index in [1.165, 1.54) is 12.1 Å². The van der Waals surface area contributed by atoms with Crippen LogP contribution in [0.3, 0.4) is 0 Å². The highest BCUT2D eigenvalue weighted by molar-refractivity contribution is 6.30. The van der Waals surface area contributed by atoms with Gasteiger partial charge < -0.3 is 9.64 Å². The van der Waals surface area contributed by atoms with Crippen molar-refractivity contribution < 1.29 is 22.7 Å². The molecule has 2 aromatic rings. The molecule has 2 atom stereocenters. The third-order valence-corrected chi connectivity index (χ3v) is 7.65. The van der Waals surface area contributed by atoms with Crippen LogP contribution in [0.25, 0.3) is 0 Å². The number of carbonyl (C=O) groups is 1. The second kappa shape index (κ2) is 12.6. The summed E-state index contributed by atoms with van der Waals surface area (Å²) in [6.45, 7) is 6.11. The number of unbranched alkanes of at least 4 members (excludes halogenated alkanes) is 1. The van der Waals surface area contributed by atoms with Crippen molar-refractivity contribution >= 4 is 17.5 Å². The molecule has 5 nitrogen and oxygen atoms in total. The van der Waals surface area contributed by atoms with Crippen LogP contribution in [0.15, 0.2) is 48.5 Å². The van der Waals surface area contributed by atoms with Gasteiger partial charge in [-0.15, -0.1) is 0 Å². The van der Waals surface area contributed by atoms with E-state index in [-0.39, 0.29) is 17.9 Å². The van der Waals surface area contributed by atoms with Crippen LogP contribution in [0.5, 0.6) is 0 Å². The number of carbonyl (C=O) groups excluding carboxylic acids is 1. The average Bonchev–Trinajstić information content (AvgIpc) is 3.33. The molecular formula is C28H35ClF3N3O2. The van der Waals surface area contributed by atoms with Gasteiger partial charge in [-0.1, -0.05) is 35.9 Å². The fourth-order valence-electron chi connectivity index (χ4n) is 5.30. The van der Waals surface area contributed by atoms with Crippen molar-refractivity contribution in [2.24, 2.45) is 0 Å². The number of nitrogens with zero attached hydrogens (tertiary/aromatic N) is 3. The Morgan fingerprint density at radius 3 is 2.49 bits per heavy atom. The Morgan fingerprint density at radius 1 is 1.08 bits per heavy atom. The molecule has 9 heteroatoms. The Morgan fingerprint density at radius 2 is 1.81 bits per heavy atom. The molecule has 2 heterocycles. The smallest absolute Gasteiger partial charge is 0.379 e. The number of alkyl halides is 3. The first-order valence-corrected chi connectivity index (χ1v) is 13.3. The topological polar surface area (TPSA) is 36.0 Å². The van der Waals surface area contributed by atoms with Crippen LogP contribution < -0.4 is 0 Å². The van der Waals surface area contributed by atoms with E-state index in [4.69, 9.17) is 16.3 Å². The lowest BCUT2D eigenvalue weighted by molar-refractivity contribution is -0.137. The summed E-state index contributed by atoms with van der Waals surface area (Å²) in [5.74, 6) is 0.217. The summed E-state index contributed by atoms with van der Waals surface area (Å²) in [6.07, 6.45) is -2.01. The molecule has 2 fully saturated rings. The lowest BCUT2D eigenvalue weighted by Gasteiger charge is -2.29. The number of likely N-dealkylation sites (tertiary alicyclic amines) is 1. The molecule has 2 aliphatic heterocycles. The van der Waals surface area contributed by atoms with E-state index in [2.05, 4.69) is 9.80 Å². The number of benzene rings is 2. The molecule has 0 bridgehead atoms. The maximum absolute atomic E-state index is 13.1. The van der Waals surface area contributed by atoms with Crippen LogP contribution in [0.2, 0.25) is 5.02 Å². The van der Waals surface area contributed by atoms with Crippen molar-refractivity contribution in [1.29, 1.82) is 0 Å². The molecule has 2 aliphatic rings. The minimum Gasteiger partial charge on any atom is -0.379 e. The Bertz CT molecular complexity index is 1030. The lowest BCUT2D eigenvalue weighted by atomic mass is 9.93. The van der Waals surface area contributed by atoms with Crippen LogP contribution in [0, 0.1) is 0 Å². The van der Waals surface area contributed by atoms with E-state index in [0.717, 1.165) is 68.9 Å². The molecule has 1 amide bonds. The zero-order valence-corrected chi connectivity index (χ0v) is 22.0. The van der Waals surface area contributed by atoms with E-state index in [1.54, 1.807) is 0 Å². The maximum Gasteiger partial charge on any atom is 0.416 e. The van der Waals surface area contributed by atoms with Gasteiger partial charge in [0.25, 0.3) is 0 Å². The standard InChI is InChI=1S/C28H35ClF3N3O2/c1-33(18-21-8-10-23(11-9-21)28(30,31)32)26-20-35(19-25(26)22-5-4-6-24(29)17-22)27(36)7-2-3-12-34-13-15-37-16-14-34/h4-6,8-11,17,25-26H,2-3,7,12-16,18-20H2,1H3/t25-,26+/m1/s1. The van der Waals surface area contributed by atoms with Gasteiger partial charge in [-0.3, -0.25) is 14.6 Å². The number of hydrogen-bond acceptors (Lipinski definition) is 4. The molecule has 2 aromatic carbocycles. The molecule has 202 valence electrons. The summed E-state index contributed by atoms with van der Waals surface area (Å²) >= 11 is 6.28. The zero-order valence-electron chi connectivity index (χ0n) is 21.2. The van der Waals surface area contributed by atoms with E-state index >= 15 is 0 Å². The number of likely N-dealkylation sites (N-methyl/N-ethyl adjacent to an activating group) is 1. The first-order chi connectivity index (χ1) is 17.7. The fourth-order valence-corrected chi connectivity index (χ4v) is 5.50. The molecule has 4 rings (SSSR count). The van der Waals surface area contributed by atoms with E-state index < -0.39 is 11.7 Å². The number of morpholine rings is 1. The summed E-state index contributed by atoms with van der Waals surface area (Å²) in [6, 6.07) is 13.1. The van der Waals surface area contributed by atoms with Gasteiger partial charge in [-0.25, -0.2) is 0 Å². The van der Waals surface area contributed by atoms with Crippen molar-refractivity contribution in [2.45, 2.75) is 43.9 Å². The normalized spacial score (nSPS) is 21.1. The minimum absolute atomic E-state index is 0.0260. The molecular weight excluding hydrogens is 503 g/mol. The summed E-state index contributed by atoms with van der Waals surface area (Å²) < 4.78 is 44.3. The zero-order chi connectivity index (χ0) is 26.4. The molecule has 0 aromatic heterocycles. The SMILES string of the molecule is CN(Cc1ccc(C(F)(F)F)cc1)[C@H]1CN(C(=O)CCCCN2CCOCC2)C[C@@H]1c1cccc(Cl)c1. The van der Waals surface area contributed by atoms with Gasteiger partial charge in [0.15, 0.2) is 0 Å². The first kappa shape index (κ1) is 27.9. The van der Waals surface area contributed by atoms with Gasteiger partial charge in [-0.05, 0) is 61.8 Å². The van der Waals surface area contributed by atoms with Gasteiger partial charge in [0, 0.05) is 56.1 Å². The Labute approximate surface area is 222 Å². The molecule has 0 saturated carbocycles. The predicted molar refractivity (Wildman–Crippen MR) is 139 cm³/mol. The van der Waals surface area contributed by atoms with Crippen LogP contribution >= 0.6 is 11.6 Å². The largest absolute Gasteiger partial charge is 0.416 e. The Balaban J connectivity index is 1.38. The highest BCUT2D eigenvalue weighted by Gasteiger charge is 2.38. The lowest BCUT2D eigenvalue weighted by Crippen LogP contribution is -2.38. The van der Waals surface area contributed by atoms with Gasteiger partial charge in [0.1, 0.15) is 0 Å². The molecule has 0 spiro atoms. The van der Waals surface area contributed by atoms with Gasteiger partial charge in [0.05, 0.1) is 18.8 Å². The van der Waals surface area contributed by atoms with Crippen molar-refractivity contribution in [3.05, 3.63) is 70.2 Å². The molecule has 2 saturated heterocycles. The van der Waals surface area contributed by atoms with Gasteiger partial charge >= 0.3 is 6.18 Å². The molecule has 0 aliphatic carbocycles. The fraction of sp³-hybridized carbons (Fsp3) is 0.536. The predicted octanol–water partition coefficient (Wildman–Crippen LogP) is 5.29. The summed E-state index contributed by atoms with van der Waals surface area (Å²) in [5.41, 5.74) is 1.22. The van der Waals surface area contributed by atoms with Crippen LogP contribution in [-0.2, 0) is 22.3 Å². The van der Waals surface area contributed by atoms with Crippen LogP contribution in [0.4, 0.5) is 13.2 Å². The van der Waals surface area contributed by atoms with Crippen molar-refractivity contribution in [3.63, 3.8) is 0 Å². The Kier molecular flexibility index (Phi) is 9.51. The van der Waals surface area contributed by atoms with Gasteiger partial charge in [0.2, 0.25) is 5.91 Å². The second-order valence-corrected chi connectivity index (χ2v) is 10.5. The summed E-state index contributed by atoms with van der Waals surface area (Å²) in [5, 5.41) is 0.648. The number of ether oxygens (including phenoxy) is 1. The van der Waals surface area contributed by atoms with E-state index in [9.17, 15) is 18.0 Å². The van der Waals surface area contributed by atoms with Crippen molar-refractivity contribution in [1.82, 2.24) is 14.7 Å². The van der Waals surface area contributed by atoms with E-state index in [0.29, 0.717) is 31.1 Å². The van der Waals surface area contributed by atoms with Crippen LogP contribution in [-0.4, -0.2) is 79.6 Å². The third-order valence-electron chi connectivity index (χ3n) is 7.42. The van der Waals surface area contributed by atoms with E-state index in [1.807, 2.05) is 36.2 Å². The first-order valence-electron chi connectivity index (χ1n) is 12.9. The number of halogens is 4. The van der Waals surface area contributed by atoms with Crippen molar-refractivity contribution in [3.8, 4) is 0 Å². The minimum atomic E-state index is -4.35. The van der Waals surface area contributed by atoms with Crippen LogP contribution in [0.1, 0.15) is 41.9 Å². The maximum atomic E-state index is 13.1. The second-order valence-electron chi connectivity index (χ2n) is 10.0.